The number of benzene rings is 1. The Morgan fingerprint density at radius 1 is 1.43 bits per heavy atom. The molecule has 118 valence electrons. The second-order valence-corrected chi connectivity index (χ2v) is 6.11. The quantitative estimate of drug-likeness (QED) is 0.796. The van der Waals surface area contributed by atoms with Gasteiger partial charge in [-0.3, -0.25) is 4.79 Å². The van der Waals surface area contributed by atoms with Gasteiger partial charge < -0.3 is 10.6 Å². The zero-order valence-electron chi connectivity index (χ0n) is 11.6. The minimum atomic E-state index is -1.02. The van der Waals surface area contributed by atoms with E-state index in [0.717, 1.165) is 25.0 Å². The van der Waals surface area contributed by atoms with Gasteiger partial charge in [0.25, 0.3) is 5.91 Å². The molecule has 0 radical (unpaired) electrons. The van der Waals surface area contributed by atoms with Crippen LogP contribution in [-0.2, 0) is 0 Å². The number of amides is 1. The molecule has 1 aliphatic rings. The number of likely N-dealkylation sites (tertiary alicyclic amines) is 1. The molecule has 0 saturated carbocycles. The Hall–Kier alpha value is -0.720. The molecule has 1 aliphatic heterocycles. The average Bonchev–Trinajstić information content (AvgIpc) is 2.42. The van der Waals surface area contributed by atoms with Gasteiger partial charge >= 0.3 is 0 Å². The number of rotatable bonds is 2. The maximum Gasteiger partial charge on any atom is 0.255 e. The minimum absolute atomic E-state index is 0. The Bertz CT molecular complexity index is 528. The Labute approximate surface area is 137 Å². The largest absolute Gasteiger partial charge is 0.338 e. The van der Waals surface area contributed by atoms with Crippen LogP contribution in [0, 0.1) is 17.6 Å². The standard InChI is InChI=1S/C14H17BrF2N2O.ClH/c1-8(18)9-3-2-4-19(7-9)14(20)10-5-12(16)13(17)6-11(10)15;/h5-6,8-9H,2-4,7,18H2,1H3;1H. The van der Waals surface area contributed by atoms with E-state index in [2.05, 4.69) is 15.9 Å². The van der Waals surface area contributed by atoms with Crippen molar-refractivity contribution in [2.24, 2.45) is 11.7 Å². The first-order chi connectivity index (χ1) is 9.40. The molecule has 2 N–H and O–H groups in total. The summed E-state index contributed by atoms with van der Waals surface area (Å²) in [6.45, 7) is 3.10. The third-order valence-corrected chi connectivity index (χ3v) is 4.39. The van der Waals surface area contributed by atoms with E-state index in [-0.39, 0.29) is 40.3 Å². The Morgan fingerprint density at radius 2 is 2.05 bits per heavy atom. The number of halogens is 4. The van der Waals surface area contributed by atoms with Crippen LogP contribution in [-0.4, -0.2) is 29.9 Å². The van der Waals surface area contributed by atoms with E-state index in [1.54, 1.807) is 4.90 Å². The summed E-state index contributed by atoms with van der Waals surface area (Å²) in [5.74, 6) is -2.03. The van der Waals surface area contributed by atoms with E-state index in [0.29, 0.717) is 13.1 Å². The zero-order chi connectivity index (χ0) is 14.9. The van der Waals surface area contributed by atoms with E-state index in [4.69, 9.17) is 5.73 Å². The first-order valence-electron chi connectivity index (χ1n) is 6.59. The van der Waals surface area contributed by atoms with Crippen molar-refractivity contribution in [3.8, 4) is 0 Å². The highest BCUT2D eigenvalue weighted by Gasteiger charge is 2.28. The lowest BCUT2D eigenvalue weighted by molar-refractivity contribution is 0.0659. The van der Waals surface area contributed by atoms with Crippen LogP contribution in [0.4, 0.5) is 8.78 Å². The molecule has 0 aromatic heterocycles. The highest BCUT2D eigenvalue weighted by Crippen LogP contribution is 2.25. The van der Waals surface area contributed by atoms with Gasteiger partial charge in [-0.25, -0.2) is 8.78 Å². The van der Waals surface area contributed by atoms with Crippen LogP contribution in [0.2, 0.25) is 0 Å². The summed E-state index contributed by atoms with van der Waals surface area (Å²) < 4.78 is 26.7. The molecule has 3 nitrogen and oxygen atoms in total. The molecule has 1 heterocycles. The summed E-state index contributed by atoms with van der Waals surface area (Å²) in [5.41, 5.74) is 6.03. The molecule has 21 heavy (non-hydrogen) atoms. The molecule has 1 fully saturated rings. The van der Waals surface area contributed by atoms with Gasteiger partial charge in [0.15, 0.2) is 11.6 Å². The molecule has 0 spiro atoms. The van der Waals surface area contributed by atoms with Crippen LogP contribution >= 0.6 is 28.3 Å². The second kappa shape index (κ2) is 7.51. The maximum absolute atomic E-state index is 13.3. The summed E-state index contributed by atoms with van der Waals surface area (Å²) in [6, 6.07) is 1.94. The molecule has 7 heteroatoms. The molecule has 1 amide bonds. The number of hydrogen-bond donors (Lipinski definition) is 1. The first kappa shape index (κ1) is 18.3. The van der Waals surface area contributed by atoms with Gasteiger partial charge in [0.1, 0.15) is 0 Å². The molecule has 0 bridgehead atoms. The van der Waals surface area contributed by atoms with Gasteiger partial charge in [0, 0.05) is 23.6 Å². The lowest BCUT2D eigenvalue weighted by Gasteiger charge is -2.34. The monoisotopic (exact) mass is 382 g/mol. The Kier molecular flexibility index (Phi) is 6.56. The summed E-state index contributed by atoms with van der Waals surface area (Å²) in [7, 11) is 0. The number of hydrogen-bond acceptors (Lipinski definition) is 2. The van der Waals surface area contributed by atoms with Crippen molar-refractivity contribution < 1.29 is 13.6 Å². The van der Waals surface area contributed by atoms with Crippen LogP contribution in [0.3, 0.4) is 0 Å². The molecule has 2 unspecified atom stereocenters. The van der Waals surface area contributed by atoms with Crippen LogP contribution in [0.1, 0.15) is 30.1 Å². The lowest BCUT2D eigenvalue weighted by Crippen LogP contribution is -2.45. The van der Waals surface area contributed by atoms with Gasteiger partial charge in [-0.2, -0.15) is 0 Å². The fourth-order valence-electron chi connectivity index (χ4n) is 2.48. The van der Waals surface area contributed by atoms with E-state index in [9.17, 15) is 13.6 Å². The highest BCUT2D eigenvalue weighted by atomic mass is 79.9. The molecular formula is C14H18BrClF2N2O. The fourth-order valence-corrected chi connectivity index (χ4v) is 2.97. The number of nitrogens with zero attached hydrogens (tertiary/aromatic N) is 1. The first-order valence-corrected chi connectivity index (χ1v) is 7.39. The maximum atomic E-state index is 13.3. The molecule has 2 rings (SSSR count). The average molecular weight is 384 g/mol. The van der Waals surface area contributed by atoms with Crippen molar-refractivity contribution in [2.45, 2.75) is 25.8 Å². The third kappa shape index (κ3) is 4.14. The number of nitrogens with two attached hydrogens (primary N) is 1. The minimum Gasteiger partial charge on any atom is -0.338 e. The smallest absolute Gasteiger partial charge is 0.255 e. The molecule has 1 aromatic carbocycles. The van der Waals surface area contributed by atoms with Crippen LogP contribution in [0.15, 0.2) is 16.6 Å². The number of piperidine rings is 1. The number of carbonyl (C=O) groups excluding carboxylic acids is 1. The normalized spacial score (nSPS) is 19.9. The fraction of sp³-hybridized carbons (Fsp3) is 0.500. The molecule has 0 aliphatic carbocycles. The van der Waals surface area contributed by atoms with Crippen LogP contribution in [0.25, 0.3) is 0 Å². The van der Waals surface area contributed by atoms with Crippen molar-refractivity contribution in [1.82, 2.24) is 4.90 Å². The topological polar surface area (TPSA) is 46.3 Å². The summed E-state index contributed by atoms with van der Waals surface area (Å²) >= 11 is 3.11. The van der Waals surface area contributed by atoms with E-state index >= 15 is 0 Å². The van der Waals surface area contributed by atoms with Gasteiger partial charge in [0.2, 0.25) is 0 Å². The van der Waals surface area contributed by atoms with Gasteiger partial charge in [-0.1, -0.05) is 0 Å². The van der Waals surface area contributed by atoms with E-state index in [1.807, 2.05) is 6.92 Å². The lowest BCUT2D eigenvalue weighted by atomic mass is 9.92. The Balaban J connectivity index is 0.00000220. The summed E-state index contributed by atoms with van der Waals surface area (Å²) in [6.07, 6.45) is 1.86. The van der Waals surface area contributed by atoms with Gasteiger partial charge in [-0.05, 0) is 53.7 Å². The molecule has 1 aromatic rings. The van der Waals surface area contributed by atoms with Crippen molar-refractivity contribution in [3.63, 3.8) is 0 Å². The predicted molar refractivity (Wildman–Crippen MR) is 83.6 cm³/mol. The van der Waals surface area contributed by atoms with Gasteiger partial charge in [0.05, 0.1) is 5.56 Å². The summed E-state index contributed by atoms with van der Waals surface area (Å²) in [5, 5.41) is 0. The van der Waals surface area contributed by atoms with Crippen LogP contribution in [0.5, 0.6) is 0 Å². The second-order valence-electron chi connectivity index (χ2n) is 5.26. The predicted octanol–water partition coefficient (Wildman–Crippen LogP) is 3.35. The van der Waals surface area contributed by atoms with Gasteiger partial charge in [-0.15, -0.1) is 12.4 Å². The van der Waals surface area contributed by atoms with E-state index in [1.165, 1.54) is 0 Å². The van der Waals surface area contributed by atoms with Crippen molar-refractivity contribution in [2.75, 3.05) is 13.1 Å². The Morgan fingerprint density at radius 3 is 2.67 bits per heavy atom. The van der Waals surface area contributed by atoms with Crippen molar-refractivity contribution in [1.29, 1.82) is 0 Å². The van der Waals surface area contributed by atoms with Crippen LogP contribution < -0.4 is 5.73 Å². The molecule has 1 saturated heterocycles. The SMILES string of the molecule is CC(N)C1CCCN(C(=O)c2cc(F)c(F)cc2Br)C1.Cl. The molecule has 2 atom stereocenters. The zero-order valence-corrected chi connectivity index (χ0v) is 14.0. The van der Waals surface area contributed by atoms with Crippen molar-refractivity contribution >= 4 is 34.2 Å². The highest BCUT2D eigenvalue weighted by molar-refractivity contribution is 9.10. The van der Waals surface area contributed by atoms with E-state index < -0.39 is 11.6 Å². The molecular weight excluding hydrogens is 366 g/mol. The third-order valence-electron chi connectivity index (χ3n) is 3.73. The summed E-state index contributed by atoms with van der Waals surface area (Å²) in [4.78, 5) is 14.1. The van der Waals surface area contributed by atoms with Crippen molar-refractivity contribution in [3.05, 3.63) is 33.8 Å². The number of carbonyl (C=O) groups is 1.